The number of rotatable bonds is 3. The molecule has 0 spiro atoms. The molecule has 0 bridgehead atoms. The van der Waals surface area contributed by atoms with Gasteiger partial charge in [-0.1, -0.05) is 15.9 Å². The van der Waals surface area contributed by atoms with Gasteiger partial charge in [-0.25, -0.2) is 13.1 Å². The average molecular weight is 384 g/mol. The molecule has 0 heterocycles. The summed E-state index contributed by atoms with van der Waals surface area (Å²) in [7, 11) is -3.48. The van der Waals surface area contributed by atoms with E-state index in [2.05, 4.69) is 36.6 Å². The number of nitrogens with one attached hydrogen (secondary N) is 1. The molecule has 1 aromatic rings. The van der Waals surface area contributed by atoms with Crippen LogP contribution in [0.25, 0.3) is 0 Å². The van der Waals surface area contributed by atoms with E-state index in [1.807, 2.05) is 0 Å². The lowest BCUT2D eigenvalue weighted by Crippen LogP contribution is -2.50. The summed E-state index contributed by atoms with van der Waals surface area (Å²) < 4.78 is 28.2. The highest BCUT2D eigenvalue weighted by Crippen LogP contribution is 2.27. The van der Waals surface area contributed by atoms with Crippen LogP contribution in [0.3, 0.4) is 0 Å². The monoisotopic (exact) mass is 382 g/mol. The standard InChI is InChI=1S/C10H12Br2N2O2S/c11-6-1-2-9(12)10(3-6)17(15,16)14-8-4-7(13)5-8/h1-3,7-8,14H,4-5,13H2. The highest BCUT2D eigenvalue weighted by Gasteiger charge is 2.31. The van der Waals surface area contributed by atoms with Gasteiger partial charge in [-0.15, -0.1) is 0 Å². The molecule has 2 rings (SSSR count). The Balaban J connectivity index is 2.22. The van der Waals surface area contributed by atoms with Crippen LogP contribution >= 0.6 is 31.9 Å². The van der Waals surface area contributed by atoms with Gasteiger partial charge in [-0.05, 0) is 47.0 Å². The lowest BCUT2D eigenvalue weighted by molar-refractivity contribution is 0.327. The van der Waals surface area contributed by atoms with E-state index in [1.165, 1.54) is 0 Å². The van der Waals surface area contributed by atoms with Crippen LogP contribution < -0.4 is 10.5 Å². The van der Waals surface area contributed by atoms with Crippen LogP contribution in [-0.2, 0) is 10.0 Å². The Hall–Kier alpha value is 0.0500. The summed E-state index contributed by atoms with van der Waals surface area (Å²) in [5.41, 5.74) is 5.63. The zero-order valence-electron chi connectivity index (χ0n) is 8.86. The molecule has 1 aromatic carbocycles. The summed E-state index contributed by atoms with van der Waals surface area (Å²) >= 11 is 6.51. The van der Waals surface area contributed by atoms with Crippen LogP contribution in [0.15, 0.2) is 32.0 Å². The first-order valence-electron chi connectivity index (χ1n) is 5.11. The van der Waals surface area contributed by atoms with Gasteiger partial charge in [0.15, 0.2) is 0 Å². The highest BCUT2D eigenvalue weighted by molar-refractivity contribution is 9.11. The molecule has 0 radical (unpaired) electrons. The van der Waals surface area contributed by atoms with Crippen LogP contribution in [0.2, 0.25) is 0 Å². The number of nitrogens with two attached hydrogens (primary N) is 1. The Morgan fingerprint density at radius 1 is 1.29 bits per heavy atom. The molecule has 0 atom stereocenters. The Bertz CT molecular complexity index is 527. The molecule has 1 aliphatic carbocycles. The molecule has 17 heavy (non-hydrogen) atoms. The maximum Gasteiger partial charge on any atom is 0.241 e. The Morgan fingerprint density at radius 3 is 2.53 bits per heavy atom. The zero-order valence-corrected chi connectivity index (χ0v) is 12.8. The average Bonchev–Trinajstić information content (AvgIpc) is 2.19. The molecule has 7 heteroatoms. The van der Waals surface area contributed by atoms with E-state index in [-0.39, 0.29) is 17.0 Å². The minimum atomic E-state index is -3.48. The Labute approximate surface area is 117 Å². The lowest BCUT2D eigenvalue weighted by Gasteiger charge is -2.32. The fourth-order valence-electron chi connectivity index (χ4n) is 1.72. The maximum atomic E-state index is 12.1. The molecule has 0 aromatic heterocycles. The van der Waals surface area contributed by atoms with Gasteiger partial charge in [0, 0.05) is 21.0 Å². The van der Waals surface area contributed by atoms with Crippen LogP contribution in [-0.4, -0.2) is 20.5 Å². The van der Waals surface area contributed by atoms with Crippen molar-refractivity contribution in [1.29, 1.82) is 0 Å². The number of hydrogen-bond acceptors (Lipinski definition) is 3. The van der Waals surface area contributed by atoms with Crippen LogP contribution in [0.1, 0.15) is 12.8 Å². The minimum Gasteiger partial charge on any atom is -0.328 e. The third-order valence-electron chi connectivity index (χ3n) is 2.68. The molecule has 3 N–H and O–H groups in total. The molecular weight excluding hydrogens is 372 g/mol. The first-order chi connectivity index (χ1) is 7.88. The summed E-state index contributed by atoms with van der Waals surface area (Å²) in [5, 5.41) is 0. The quantitative estimate of drug-likeness (QED) is 0.838. The van der Waals surface area contributed by atoms with Crippen molar-refractivity contribution < 1.29 is 8.42 Å². The number of sulfonamides is 1. The summed E-state index contributed by atoms with van der Waals surface area (Å²) in [6.07, 6.45) is 1.40. The van der Waals surface area contributed by atoms with Crippen molar-refractivity contribution in [2.75, 3.05) is 0 Å². The maximum absolute atomic E-state index is 12.1. The normalized spacial score (nSPS) is 24.4. The van der Waals surface area contributed by atoms with Crippen molar-refractivity contribution in [3.8, 4) is 0 Å². The fraction of sp³-hybridized carbons (Fsp3) is 0.400. The largest absolute Gasteiger partial charge is 0.328 e. The van der Waals surface area contributed by atoms with Gasteiger partial charge < -0.3 is 5.73 Å². The van der Waals surface area contributed by atoms with Gasteiger partial charge in [0.2, 0.25) is 10.0 Å². The number of benzene rings is 1. The number of hydrogen-bond donors (Lipinski definition) is 2. The smallest absolute Gasteiger partial charge is 0.241 e. The van der Waals surface area contributed by atoms with E-state index in [9.17, 15) is 8.42 Å². The predicted molar refractivity (Wildman–Crippen MR) is 73.2 cm³/mol. The van der Waals surface area contributed by atoms with Crippen LogP contribution in [0.5, 0.6) is 0 Å². The summed E-state index contributed by atoms with van der Waals surface area (Å²) in [6.45, 7) is 0. The SMILES string of the molecule is NC1CC(NS(=O)(=O)c2cc(Br)ccc2Br)C1. The van der Waals surface area contributed by atoms with Gasteiger partial charge in [-0.2, -0.15) is 0 Å². The van der Waals surface area contributed by atoms with E-state index in [4.69, 9.17) is 5.73 Å². The lowest BCUT2D eigenvalue weighted by atomic mass is 9.89. The van der Waals surface area contributed by atoms with Gasteiger partial charge in [-0.3, -0.25) is 0 Å². The van der Waals surface area contributed by atoms with Crippen molar-refractivity contribution in [3.05, 3.63) is 27.1 Å². The third kappa shape index (κ3) is 3.08. The molecule has 0 aliphatic heterocycles. The van der Waals surface area contributed by atoms with Crippen molar-refractivity contribution in [2.24, 2.45) is 5.73 Å². The Morgan fingerprint density at radius 2 is 1.94 bits per heavy atom. The van der Waals surface area contributed by atoms with Gasteiger partial charge in [0.1, 0.15) is 0 Å². The summed E-state index contributed by atoms with van der Waals surface area (Å²) in [5.74, 6) is 0. The molecular formula is C10H12Br2N2O2S. The van der Waals surface area contributed by atoms with Crippen molar-refractivity contribution in [2.45, 2.75) is 29.8 Å². The molecule has 1 saturated carbocycles. The zero-order chi connectivity index (χ0) is 12.6. The second kappa shape index (κ2) is 4.97. The van der Waals surface area contributed by atoms with Crippen LogP contribution in [0, 0.1) is 0 Å². The molecule has 0 saturated heterocycles. The molecule has 1 aliphatic rings. The van der Waals surface area contributed by atoms with Crippen molar-refractivity contribution in [1.82, 2.24) is 4.72 Å². The van der Waals surface area contributed by atoms with Crippen LogP contribution in [0.4, 0.5) is 0 Å². The first-order valence-corrected chi connectivity index (χ1v) is 8.18. The van der Waals surface area contributed by atoms with Crippen molar-refractivity contribution >= 4 is 41.9 Å². The van der Waals surface area contributed by atoms with E-state index >= 15 is 0 Å². The second-order valence-corrected chi connectivity index (χ2v) is 7.58. The second-order valence-electron chi connectivity index (χ2n) is 4.12. The molecule has 94 valence electrons. The van der Waals surface area contributed by atoms with Gasteiger partial charge in [0.25, 0.3) is 0 Å². The molecule has 0 amide bonds. The highest BCUT2D eigenvalue weighted by atomic mass is 79.9. The van der Waals surface area contributed by atoms with E-state index in [0.717, 1.165) is 4.47 Å². The Kier molecular flexibility index (Phi) is 3.94. The summed E-state index contributed by atoms with van der Waals surface area (Å²) in [6, 6.07) is 5.13. The van der Waals surface area contributed by atoms with E-state index in [0.29, 0.717) is 17.3 Å². The molecule has 1 fully saturated rings. The molecule has 4 nitrogen and oxygen atoms in total. The topological polar surface area (TPSA) is 72.2 Å². The predicted octanol–water partition coefficient (Wildman–Crippen LogP) is 1.98. The minimum absolute atomic E-state index is 0.0409. The van der Waals surface area contributed by atoms with E-state index < -0.39 is 10.0 Å². The van der Waals surface area contributed by atoms with E-state index in [1.54, 1.807) is 18.2 Å². The first kappa shape index (κ1) is 13.5. The van der Waals surface area contributed by atoms with Gasteiger partial charge in [0.05, 0.1) is 4.90 Å². The summed E-state index contributed by atoms with van der Waals surface area (Å²) in [4.78, 5) is 0.243. The molecule has 0 unspecified atom stereocenters. The van der Waals surface area contributed by atoms with Crippen molar-refractivity contribution in [3.63, 3.8) is 0 Å². The number of halogens is 2. The van der Waals surface area contributed by atoms with Gasteiger partial charge >= 0.3 is 0 Å². The third-order valence-corrected chi connectivity index (χ3v) is 5.69. The fourth-order valence-corrected chi connectivity index (χ4v) is 4.49.